The maximum atomic E-state index is 10.5. The van der Waals surface area contributed by atoms with Gasteiger partial charge >= 0.3 is 0 Å². The van der Waals surface area contributed by atoms with Gasteiger partial charge in [-0.25, -0.2) is 0 Å². The molecule has 1 aromatic carbocycles. The average molecular weight is 246 g/mol. The molecule has 3 N–H and O–H groups in total. The van der Waals surface area contributed by atoms with Crippen molar-refractivity contribution in [3.63, 3.8) is 0 Å². The van der Waals surface area contributed by atoms with E-state index in [1.807, 2.05) is 0 Å². The Kier molecular flexibility index (Phi) is 2.95. The number of hydrogen-bond donors (Lipinski definition) is 2. The second-order valence-corrected chi connectivity index (χ2v) is 4.87. The zero-order valence-electron chi connectivity index (χ0n) is 8.21. The second kappa shape index (κ2) is 3.95. The summed E-state index contributed by atoms with van der Waals surface area (Å²) >= 11 is 12.0. The highest BCUT2D eigenvalue weighted by molar-refractivity contribution is 6.33. The fraction of sp³-hybridized carbons (Fsp3) is 0.455. The Morgan fingerprint density at radius 1 is 1.40 bits per heavy atom. The van der Waals surface area contributed by atoms with Gasteiger partial charge in [-0.1, -0.05) is 23.2 Å². The largest absolute Gasteiger partial charge is 0.383 e. The molecule has 4 heteroatoms. The van der Waals surface area contributed by atoms with Gasteiger partial charge in [-0.15, -0.1) is 0 Å². The minimum atomic E-state index is -1.01. The van der Waals surface area contributed by atoms with Crippen LogP contribution in [-0.4, -0.2) is 11.7 Å². The van der Waals surface area contributed by atoms with Crippen LogP contribution in [0.3, 0.4) is 0 Å². The van der Waals surface area contributed by atoms with Gasteiger partial charge in [0.2, 0.25) is 0 Å². The van der Waals surface area contributed by atoms with Gasteiger partial charge in [0.15, 0.2) is 0 Å². The number of benzene rings is 1. The minimum absolute atomic E-state index is 0.178. The molecule has 0 aliphatic heterocycles. The van der Waals surface area contributed by atoms with E-state index in [0.29, 0.717) is 15.6 Å². The summed E-state index contributed by atoms with van der Waals surface area (Å²) in [5.41, 5.74) is 5.29. The van der Waals surface area contributed by atoms with Gasteiger partial charge in [0.1, 0.15) is 5.60 Å². The first-order valence-electron chi connectivity index (χ1n) is 4.96. The molecule has 1 fully saturated rings. The maximum absolute atomic E-state index is 10.5. The predicted octanol–water partition coefficient (Wildman–Crippen LogP) is 2.55. The third-order valence-electron chi connectivity index (χ3n) is 2.96. The van der Waals surface area contributed by atoms with Crippen LogP contribution in [0.2, 0.25) is 10.0 Å². The van der Waals surface area contributed by atoms with E-state index in [1.54, 1.807) is 18.2 Å². The van der Waals surface area contributed by atoms with Crippen LogP contribution in [0, 0.1) is 5.92 Å². The summed E-state index contributed by atoms with van der Waals surface area (Å²) in [7, 11) is 0. The van der Waals surface area contributed by atoms with E-state index in [2.05, 4.69) is 0 Å². The van der Waals surface area contributed by atoms with Crippen LogP contribution >= 0.6 is 23.2 Å². The third kappa shape index (κ3) is 2.00. The molecule has 1 aliphatic carbocycles. The van der Waals surface area contributed by atoms with Crippen LogP contribution in [0.5, 0.6) is 0 Å². The normalized spacial score (nSPS) is 20.0. The van der Waals surface area contributed by atoms with E-state index in [1.165, 1.54) is 0 Å². The first-order valence-corrected chi connectivity index (χ1v) is 5.71. The van der Waals surface area contributed by atoms with Crippen molar-refractivity contribution in [2.24, 2.45) is 11.7 Å². The summed E-state index contributed by atoms with van der Waals surface area (Å²) in [6.45, 7) is 0.178. The summed E-state index contributed by atoms with van der Waals surface area (Å²) in [6, 6.07) is 5.11. The van der Waals surface area contributed by atoms with E-state index in [4.69, 9.17) is 28.9 Å². The zero-order valence-corrected chi connectivity index (χ0v) is 9.72. The van der Waals surface area contributed by atoms with Crippen LogP contribution in [0.15, 0.2) is 18.2 Å². The quantitative estimate of drug-likeness (QED) is 0.860. The molecule has 0 saturated heterocycles. The fourth-order valence-corrected chi connectivity index (χ4v) is 2.34. The number of rotatable bonds is 3. The lowest BCUT2D eigenvalue weighted by atomic mass is 9.89. The highest BCUT2D eigenvalue weighted by Gasteiger charge is 2.45. The van der Waals surface area contributed by atoms with Crippen LogP contribution in [0.25, 0.3) is 0 Å². The van der Waals surface area contributed by atoms with Crippen LogP contribution in [0.4, 0.5) is 0 Å². The molecule has 2 nitrogen and oxygen atoms in total. The van der Waals surface area contributed by atoms with Crippen molar-refractivity contribution in [1.29, 1.82) is 0 Å². The van der Waals surface area contributed by atoms with Crippen molar-refractivity contribution in [2.45, 2.75) is 18.4 Å². The molecule has 1 aliphatic rings. The Hall–Kier alpha value is -0.280. The molecule has 0 aromatic heterocycles. The van der Waals surface area contributed by atoms with Crippen LogP contribution in [0.1, 0.15) is 18.4 Å². The maximum Gasteiger partial charge on any atom is 0.106 e. The van der Waals surface area contributed by atoms with Gasteiger partial charge in [0.05, 0.1) is 0 Å². The van der Waals surface area contributed by atoms with Gasteiger partial charge in [-0.05, 0) is 37.0 Å². The lowest BCUT2D eigenvalue weighted by Gasteiger charge is -2.28. The lowest BCUT2D eigenvalue weighted by molar-refractivity contribution is 0.0223. The molecular formula is C11H13Cl2NO. The highest BCUT2D eigenvalue weighted by atomic mass is 35.5. The van der Waals surface area contributed by atoms with Crippen molar-refractivity contribution in [1.82, 2.24) is 0 Å². The van der Waals surface area contributed by atoms with Crippen LogP contribution in [-0.2, 0) is 5.60 Å². The van der Waals surface area contributed by atoms with Crippen molar-refractivity contribution >= 4 is 23.2 Å². The Balaban J connectivity index is 2.45. The summed E-state index contributed by atoms with van der Waals surface area (Å²) in [5.74, 6) is 0.221. The fourth-order valence-electron chi connectivity index (χ4n) is 1.89. The molecule has 1 saturated carbocycles. The second-order valence-electron chi connectivity index (χ2n) is 4.03. The Morgan fingerprint density at radius 2 is 2.07 bits per heavy atom. The van der Waals surface area contributed by atoms with Gasteiger partial charge in [-0.2, -0.15) is 0 Å². The number of halogens is 2. The SMILES string of the molecule is NCC(O)(c1cc(Cl)ccc1Cl)C1CC1. The monoisotopic (exact) mass is 245 g/mol. The summed E-state index contributed by atoms with van der Waals surface area (Å²) < 4.78 is 0. The summed E-state index contributed by atoms with van der Waals surface area (Å²) in [4.78, 5) is 0. The molecule has 1 unspecified atom stereocenters. The number of aliphatic hydroxyl groups is 1. The molecule has 82 valence electrons. The minimum Gasteiger partial charge on any atom is -0.383 e. The van der Waals surface area contributed by atoms with Crippen molar-refractivity contribution in [3.05, 3.63) is 33.8 Å². The Labute approximate surface area is 99.0 Å². The highest BCUT2D eigenvalue weighted by Crippen LogP contribution is 2.47. The van der Waals surface area contributed by atoms with Crippen molar-refractivity contribution < 1.29 is 5.11 Å². The summed E-state index contributed by atoms with van der Waals surface area (Å²) in [6.07, 6.45) is 1.99. The topological polar surface area (TPSA) is 46.2 Å². The average Bonchev–Trinajstić information content (AvgIpc) is 3.04. The molecule has 0 radical (unpaired) electrons. The van der Waals surface area contributed by atoms with E-state index in [0.717, 1.165) is 12.8 Å². The Bertz CT molecular complexity index is 379. The standard InChI is InChI=1S/C11H13Cl2NO/c12-8-3-4-10(13)9(5-8)11(15,6-14)7-1-2-7/h3-5,7,15H,1-2,6,14H2. The zero-order chi connectivity index (χ0) is 11.1. The smallest absolute Gasteiger partial charge is 0.106 e. The molecule has 2 rings (SSSR count). The first kappa shape index (κ1) is 11.2. The van der Waals surface area contributed by atoms with Gasteiger partial charge < -0.3 is 10.8 Å². The molecule has 15 heavy (non-hydrogen) atoms. The molecule has 0 bridgehead atoms. The van der Waals surface area contributed by atoms with E-state index >= 15 is 0 Å². The third-order valence-corrected chi connectivity index (χ3v) is 3.52. The van der Waals surface area contributed by atoms with Gasteiger partial charge in [0, 0.05) is 22.2 Å². The van der Waals surface area contributed by atoms with E-state index in [9.17, 15) is 5.11 Å². The molecule has 0 heterocycles. The van der Waals surface area contributed by atoms with E-state index < -0.39 is 5.60 Å². The van der Waals surface area contributed by atoms with Crippen molar-refractivity contribution in [3.8, 4) is 0 Å². The molecule has 0 amide bonds. The molecule has 1 atom stereocenters. The lowest BCUT2D eigenvalue weighted by Crippen LogP contribution is -2.37. The molecule has 0 spiro atoms. The Morgan fingerprint density at radius 3 is 2.60 bits per heavy atom. The van der Waals surface area contributed by atoms with Gasteiger partial charge in [-0.3, -0.25) is 0 Å². The predicted molar refractivity (Wildman–Crippen MR) is 62.1 cm³/mol. The van der Waals surface area contributed by atoms with Crippen LogP contribution < -0.4 is 5.73 Å². The molecular weight excluding hydrogens is 233 g/mol. The van der Waals surface area contributed by atoms with Gasteiger partial charge in [0.25, 0.3) is 0 Å². The molecule has 1 aromatic rings. The van der Waals surface area contributed by atoms with Crippen molar-refractivity contribution in [2.75, 3.05) is 6.54 Å². The van der Waals surface area contributed by atoms with E-state index in [-0.39, 0.29) is 12.5 Å². The number of hydrogen-bond acceptors (Lipinski definition) is 2. The number of nitrogens with two attached hydrogens (primary N) is 1. The summed E-state index contributed by atoms with van der Waals surface area (Å²) in [5, 5.41) is 11.6. The first-order chi connectivity index (χ1) is 7.08.